The zero-order valence-electron chi connectivity index (χ0n) is 56.6. The number of unbranched alkanes of at least 4 members (excludes halogenated alkanes) is 54. The van der Waals surface area contributed by atoms with E-state index in [-0.39, 0.29) is 18.5 Å². The van der Waals surface area contributed by atoms with E-state index in [0.717, 1.165) is 51.4 Å². The second-order valence-electron chi connectivity index (χ2n) is 26.0. The van der Waals surface area contributed by atoms with Crippen LogP contribution in [-0.2, 0) is 14.3 Å². The van der Waals surface area contributed by atoms with Crippen molar-refractivity contribution < 1.29 is 24.5 Å². The summed E-state index contributed by atoms with van der Waals surface area (Å²) < 4.78 is 5.49. The van der Waals surface area contributed by atoms with Gasteiger partial charge in [-0.3, -0.25) is 9.59 Å². The van der Waals surface area contributed by atoms with E-state index < -0.39 is 12.1 Å². The fourth-order valence-corrected chi connectivity index (χ4v) is 11.8. The van der Waals surface area contributed by atoms with Gasteiger partial charge in [-0.2, -0.15) is 0 Å². The third-order valence-electron chi connectivity index (χ3n) is 17.6. The molecule has 0 aromatic heterocycles. The molecule has 494 valence electrons. The summed E-state index contributed by atoms with van der Waals surface area (Å²) in [6.45, 7) is 4.91. The van der Waals surface area contributed by atoms with Gasteiger partial charge >= 0.3 is 5.97 Å². The topological polar surface area (TPSA) is 95.9 Å². The average Bonchev–Trinajstić information content (AvgIpc) is 3.51. The van der Waals surface area contributed by atoms with Crippen molar-refractivity contribution in [1.29, 1.82) is 0 Å². The monoisotopic (exact) mass is 1180 g/mol. The van der Waals surface area contributed by atoms with E-state index in [0.29, 0.717) is 19.4 Å². The first-order chi connectivity index (χ1) is 41.5. The van der Waals surface area contributed by atoms with Gasteiger partial charge in [0.05, 0.1) is 25.4 Å². The maximum Gasteiger partial charge on any atom is 0.305 e. The Morgan fingerprint density at radius 2 is 0.595 bits per heavy atom. The molecule has 84 heavy (non-hydrogen) atoms. The van der Waals surface area contributed by atoms with Crippen LogP contribution < -0.4 is 5.32 Å². The molecule has 0 aliphatic rings. The molecule has 0 fully saturated rings. The number of ether oxygens (including phenoxy) is 1. The highest BCUT2D eigenvalue weighted by atomic mass is 16.5. The Morgan fingerprint density at radius 1 is 0.333 bits per heavy atom. The molecule has 0 aromatic carbocycles. The minimum absolute atomic E-state index is 0.00181. The third-order valence-corrected chi connectivity index (χ3v) is 17.6. The summed E-state index contributed by atoms with van der Waals surface area (Å²) in [4.78, 5) is 24.6. The van der Waals surface area contributed by atoms with Gasteiger partial charge < -0.3 is 20.3 Å². The number of esters is 1. The number of nitrogens with one attached hydrogen (secondary N) is 1. The Morgan fingerprint density at radius 3 is 0.940 bits per heavy atom. The Hall–Kier alpha value is -2.18. The maximum atomic E-state index is 12.5. The van der Waals surface area contributed by atoms with Crippen molar-refractivity contribution in [1.82, 2.24) is 5.32 Å². The zero-order valence-corrected chi connectivity index (χ0v) is 56.6. The molecule has 0 bridgehead atoms. The molecule has 0 aliphatic carbocycles. The Bertz CT molecular complexity index is 1400. The molecule has 0 rings (SSSR count). The molecular weight excluding hydrogens is 1030 g/mol. The predicted molar refractivity (Wildman–Crippen MR) is 370 cm³/mol. The van der Waals surface area contributed by atoms with Crippen molar-refractivity contribution in [3.05, 3.63) is 48.6 Å². The van der Waals surface area contributed by atoms with Gasteiger partial charge in [0.15, 0.2) is 0 Å². The van der Waals surface area contributed by atoms with E-state index in [2.05, 4.69) is 55.6 Å². The lowest BCUT2D eigenvalue weighted by molar-refractivity contribution is -0.143. The molecule has 2 unspecified atom stereocenters. The molecule has 6 nitrogen and oxygen atoms in total. The molecule has 2 atom stereocenters. The van der Waals surface area contributed by atoms with Crippen LogP contribution in [0.3, 0.4) is 0 Å². The van der Waals surface area contributed by atoms with Crippen LogP contribution in [0.25, 0.3) is 0 Å². The van der Waals surface area contributed by atoms with Crippen LogP contribution in [0.5, 0.6) is 0 Å². The number of aliphatic hydroxyl groups is 2. The normalized spacial score (nSPS) is 12.8. The Labute approximate surface area is 525 Å². The van der Waals surface area contributed by atoms with Crippen LogP contribution in [-0.4, -0.2) is 47.4 Å². The summed E-state index contributed by atoms with van der Waals surface area (Å²) in [5.74, 6) is -0.0621. The molecule has 0 heterocycles. The van der Waals surface area contributed by atoms with Crippen LogP contribution in [0.15, 0.2) is 48.6 Å². The van der Waals surface area contributed by atoms with Crippen molar-refractivity contribution >= 4 is 11.9 Å². The number of carbonyl (C=O) groups excluding carboxylic acids is 2. The van der Waals surface area contributed by atoms with Crippen molar-refractivity contribution in [2.24, 2.45) is 0 Å². The predicted octanol–water partition coefficient (Wildman–Crippen LogP) is 24.8. The fourth-order valence-electron chi connectivity index (χ4n) is 11.8. The molecule has 0 spiro atoms. The van der Waals surface area contributed by atoms with Crippen LogP contribution in [0.2, 0.25) is 0 Å². The minimum atomic E-state index is -0.847. The smallest absolute Gasteiger partial charge is 0.305 e. The maximum absolute atomic E-state index is 12.5. The number of allylic oxidation sites excluding steroid dienone is 7. The lowest BCUT2D eigenvalue weighted by Gasteiger charge is -2.20. The van der Waals surface area contributed by atoms with Gasteiger partial charge in [-0.1, -0.05) is 358 Å². The summed E-state index contributed by atoms with van der Waals surface area (Å²) in [5, 5.41) is 23.3. The number of rotatable bonds is 71. The number of aliphatic hydroxyl groups excluding tert-OH is 2. The molecule has 0 radical (unpaired) electrons. The van der Waals surface area contributed by atoms with E-state index in [9.17, 15) is 19.8 Å². The van der Waals surface area contributed by atoms with Crippen molar-refractivity contribution in [3.63, 3.8) is 0 Å². The molecule has 0 aromatic rings. The van der Waals surface area contributed by atoms with E-state index in [4.69, 9.17) is 4.74 Å². The number of amides is 1. The van der Waals surface area contributed by atoms with Gasteiger partial charge in [0, 0.05) is 12.8 Å². The standard InChI is InChI=1S/C78H147NO5/c1-3-5-7-9-11-13-15-17-19-20-21-22-23-30-33-36-39-43-46-50-54-58-62-66-70-76(81)75(74-80)79-77(82)71-67-63-59-55-51-47-44-40-37-34-31-28-26-24-25-27-29-32-35-38-41-45-49-53-57-61-65-69-73-84-78(83)72-68-64-60-56-52-48-42-18-16-14-12-10-8-6-4-2/h12,14,18,24-25,42,66,70,75-76,80-81H,3-11,13,15-17,19-23,26-41,43-65,67-69,71-74H2,1-2H3,(H,79,82)/b14-12-,25-24-,42-18-,70-66+. The largest absolute Gasteiger partial charge is 0.466 e. The summed E-state index contributed by atoms with van der Waals surface area (Å²) in [7, 11) is 0. The molecular formula is C78H147NO5. The van der Waals surface area contributed by atoms with Gasteiger partial charge in [0.1, 0.15) is 0 Å². The number of hydrogen-bond acceptors (Lipinski definition) is 5. The molecule has 3 N–H and O–H groups in total. The van der Waals surface area contributed by atoms with Gasteiger partial charge in [-0.05, 0) is 89.9 Å². The third kappa shape index (κ3) is 68.9. The van der Waals surface area contributed by atoms with Crippen molar-refractivity contribution in [2.45, 2.75) is 424 Å². The molecule has 0 saturated heterocycles. The minimum Gasteiger partial charge on any atom is -0.466 e. The van der Waals surface area contributed by atoms with Crippen molar-refractivity contribution in [3.8, 4) is 0 Å². The van der Waals surface area contributed by atoms with Crippen LogP contribution >= 0.6 is 0 Å². The quantitative estimate of drug-likeness (QED) is 0.0320. The van der Waals surface area contributed by atoms with Gasteiger partial charge in [-0.25, -0.2) is 0 Å². The van der Waals surface area contributed by atoms with Crippen LogP contribution in [0.1, 0.15) is 412 Å². The highest BCUT2D eigenvalue weighted by Gasteiger charge is 2.18. The first-order valence-corrected chi connectivity index (χ1v) is 37.9. The van der Waals surface area contributed by atoms with E-state index in [1.165, 1.54) is 334 Å². The molecule has 0 saturated carbocycles. The fraction of sp³-hybridized carbons (Fsp3) is 0.872. The lowest BCUT2D eigenvalue weighted by atomic mass is 10.0. The van der Waals surface area contributed by atoms with Crippen molar-refractivity contribution in [2.75, 3.05) is 13.2 Å². The second kappa shape index (κ2) is 73.3. The van der Waals surface area contributed by atoms with Crippen LogP contribution in [0.4, 0.5) is 0 Å². The van der Waals surface area contributed by atoms with E-state index >= 15 is 0 Å². The second-order valence-corrected chi connectivity index (χ2v) is 26.0. The van der Waals surface area contributed by atoms with E-state index in [1.54, 1.807) is 6.08 Å². The highest BCUT2D eigenvalue weighted by molar-refractivity contribution is 5.76. The lowest BCUT2D eigenvalue weighted by Crippen LogP contribution is -2.45. The van der Waals surface area contributed by atoms with Gasteiger partial charge in [0.25, 0.3) is 0 Å². The highest BCUT2D eigenvalue weighted by Crippen LogP contribution is 2.19. The number of hydrogen-bond donors (Lipinski definition) is 3. The summed E-state index contributed by atoms with van der Waals surface area (Å²) in [6.07, 6.45) is 96.4. The Balaban J connectivity index is 3.41. The molecule has 1 amide bonds. The Kier molecular flexibility index (Phi) is 71.4. The average molecular weight is 1180 g/mol. The first-order valence-electron chi connectivity index (χ1n) is 37.9. The van der Waals surface area contributed by atoms with Gasteiger partial charge in [-0.15, -0.1) is 0 Å². The summed E-state index contributed by atoms with van der Waals surface area (Å²) in [6, 6.07) is -0.630. The van der Waals surface area contributed by atoms with E-state index in [1.807, 2.05) is 6.08 Å². The summed E-state index contributed by atoms with van der Waals surface area (Å²) >= 11 is 0. The van der Waals surface area contributed by atoms with Gasteiger partial charge in [0.2, 0.25) is 5.91 Å². The zero-order chi connectivity index (χ0) is 60.6. The number of carbonyl (C=O) groups is 2. The SMILES string of the molecule is CCCCC/C=C\C/C=C\CCCCCCCC(=O)OCCCCCCCCCCCCCC/C=C\CCCCCCCCCCCCCCC(=O)NC(CO)C(O)/C=C/CCCCCCCCCCCCCCCCCCCCCCCC. The summed E-state index contributed by atoms with van der Waals surface area (Å²) in [5.41, 5.74) is 0. The molecule has 0 aliphatic heterocycles. The van der Waals surface area contributed by atoms with Crippen LogP contribution in [0, 0.1) is 0 Å². The first kappa shape index (κ1) is 81.8. The molecule has 6 heteroatoms.